The molecule has 0 saturated carbocycles. The van der Waals surface area contributed by atoms with Gasteiger partial charge in [0.05, 0.1) is 16.4 Å². The highest BCUT2D eigenvalue weighted by Crippen LogP contribution is 2.27. The molecular formula is C14H24Cl2N2. The molecule has 104 valence electrons. The first-order valence-electron chi connectivity index (χ1n) is 6.60. The Labute approximate surface area is 121 Å². The van der Waals surface area contributed by atoms with E-state index in [1.54, 1.807) is 0 Å². The van der Waals surface area contributed by atoms with Crippen LogP contribution in [0.1, 0.15) is 51.9 Å². The third-order valence-electron chi connectivity index (χ3n) is 3.08. The second-order valence-electron chi connectivity index (χ2n) is 6.06. The van der Waals surface area contributed by atoms with Gasteiger partial charge in [-0.1, -0.05) is 32.4 Å². The summed E-state index contributed by atoms with van der Waals surface area (Å²) < 4.78 is 1.96. The van der Waals surface area contributed by atoms with Crippen molar-refractivity contribution in [3.63, 3.8) is 0 Å². The van der Waals surface area contributed by atoms with E-state index in [2.05, 4.69) is 32.8 Å². The van der Waals surface area contributed by atoms with Crippen LogP contribution in [0.25, 0.3) is 0 Å². The molecule has 0 amide bonds. The first-order valence-corrected chi connectivity index (χ1v) is 7.42. The Morgan fingerprint density at radius 1 is 1.33 bits per heavy atom. The molecule has 18 heavy (non-hydrogen) atoms. The van der Waals surface area contributed by atoms with Crippen molar-refractivity contribution in [3.8, 4) is 0 Å². The van der Waals surface area contributed by atoms with Gasteiger partial charge in [0.2, 0.25) is 0 Å². The van der Waals surface area contributed by atoms with Crippen molar-refractivity contribution in [1.82, 2.24) is 9.78 Å². The van der Waals surface area contributed by atoms with Gasteiger partial charge < -0.3 is 0 Å². The molecule has 1 unspecified atom stereocenters. The van der Waals surface area contributed by atoms with Gasteiger partial charge in [-0.25, -0.2) is 0 Å². The molecule has 0 radical (unpaired) electrons. The van der Waals surface area contributed by atoms with Gasteiger partial charge in [-0.15, -0.1) is 11.6 Å². The molecule has 0 aliphatic heterocycles. The predicted molar refractivity (Wildman–Crippen MR) is 79.7 cm³/mol. The molecule has 0 saturated heterocycles. The lowest BCUT2D eigenvalue weighted by atomic mass is 9.89. The van der Waals surface area contributed by atoms with Gasteiger partial charge in [0.1, 0.15) is 0 Å². The lowest BCUT2D eigenvalue weighted by molar-refractivity contribution is 0.361. The topological polar surface area (TPSA) is 17.8 Å². The fourth-order valence-electron chi connectivity index (χ4n) is 1.97. The predicted octanol–water partition coefficient (Wildman–Crippen LogP) is 4.84. The molecule has 1 aromatic heterocycles. The van der Waals surface area contributed by atoms with Crippen LogP contribution in [0.4, 0.5) is 0 Å². The number of halogens is 2. The quantitative estimate of drug-likeness (QED) is 0.710. The molecule has 1 atom stereocenters. The molecule has 0 aliphatic carbocycles. The van der Waals surface area contributed by atoms with Crippen LogP contribution in [0.5, 0.6) is 0 Å². The van der Waals surface area contributed by atoms with E-state index in [0.29, 0.717) is 5.41 Å². The van der Waals surface area contributed by atoms with E-state index >= 15 is 0 Å². The third kappa shape index (κ3) is 4.47. The van der Waals surface area contributed by atoms with Gasteiger partial charge in [0.25, 0.3) is 0 Å². The van der Waals surface area contributed by atoms with E-state index in [9.17, 15) is 0 Å². The Kier molecular flexibility index (Phi) is 5.54. The summed E-state index contributed by atoms with van der Waals surface area (Å²) in [5.41, 5.74) is 2.30. The van der Waals surface area contributed by atoms with Gasteiger partial charge in [0, 0.05) is 18.3 Å². The number of hydrogen-bond donors (Lipinski definition) is 0. The van der Waals surface area contributed by atoms with Crippen molar-refractivity contribution in [1.29, 1.82) is 0 Å². The summed E-state index contributed by atoms with van der Waals surface area (Å²) in [4.78, 5) is 0. The fraction of sp³-hybridized carbons (Fsp3) is 0.786. The minimum Gasteiger partial charge on any atom is -0.268 e. The van der Waals surface area contributed by atoms with Crippen LogP contribution in [0.2, 0.25) is 5.02 Å². The zero-order valence-corrected chi connectivity index (χ0v) is 13.6. The molecule has 2 nitrogen and oxygen atoms in total. The average Bonchev–Trinajstić information content (AvgIpc) is 2.53. The second kappa shape index (κ2) is 6.29. The van der Waals surface area contributed by atoms with E-state index in [-0.39, 0.29) is 5.38 Å². The third-order valence-corrected chi connectivity index (χ3v) is 3.94. The number of aryl methyl sites for hydroxylation is 2. The summed E-state index contributed by atoms with van der Waals surface area (Å²) in [6.45, 7) is 11.6. The van der Waals surface area contributed by atoms with Crippen molar-refractivity contribution >= 4 is 23.2 Å². The van der Waals surface area contributed by atoms with Crippen LogP contribution in [-0.2, 0) is 13.0 Å². The van der Waals surface area contributed by atoms with E-state index in [1.165, 1.54) is 0 Å². The molecule has 0 aromatic carbocycles. The summed E-state index contributed by atoms with van der Waals surface area (Å²) in [5.74, 6) is 0. The number of rotatable bonds is 5. The smallest absolute Gasteiger partial charge is 0.0847 e. The lowest BCUT2D eigenvalue weighted by Crippen LogP contribution is -2.13. The van der Waals surface area contributed by atoms with Crippen LogP contribution in [0.15, 0.2) is 0 Å². The van der Waals surface area contributed by atoms with Crippen LogP contribution in [0, 0.1) is 12.3 Å². The van der Waals surface area contributed by atoms with Crippen LogP contribution in [0.3, 0.4) is 0 Å². The molecule has 1 heterocycles. The van der Waals surface area contributed by atoms with Gasteiger partial charge >= 0.3 is 0 Å². The Hall–Kier alpha value is -0.210. The van der Waals surface area contributed by atoms with Crippen molar-refractivity contribution in [2.75, 3.05) is 0 Å². The minimum absolute atomic E-state index is 0.128. The summed E-state index contributed by atoms with van der Waals surface area (Å²) in [7, 11) is 0. The van der Waals surface area contributed by atoms with Crippen LogP contribution >= 0.6 is 23.2 Å². The Morgan fingerprint density at radius 3 is 2.44 bits per heavy atom. The van der Waals surface area contributed by atoms with Crippen LogP contribution < -0.4 is 0 Å². The highest BCUT2D eigenvalue weighted by Gasteiger charge is 2.18. The summed E-state index contributed by atoms with van der Waals surface area (Å²) in [6.07, 6.45) is 2.93. The van der Waals surface area contributed by atoms with Gasteiger partial charge in [-0.2, -0.15) is 5.10 Å². The largest absolute Gasteiger partial charge is 0.268 e. The Bertz CT molecular complexity index is 391. The molecule has 1 rings (SSSR count). The van der Waals surface area contributed by atoms with Crippen molar-refractivity contribution < 1.29 is 0 Å². The van der Waals surface area contributed by atoms with E-state index < -0.39 is 0 Å². The number of aromatic nitrogens is 2. The molecule has 1 aromatic rings. The summed E-state index contributed by atoms with van der Waals surface area (Å²) in [5, 5.41) is 5.32. The van der Waals surface area contributed by atoms with Crippen LogP contribution in [-0.4, -0.2) is 15.2 Å². The molecule has 0 aliphatic rings. The molecule has 4 heteroatoms. The van der Waals surface area contributed by atoms with Gasteiger partial charge in [-0.3, -0.25) is 4.68 Å². The summed E-state index contributed by atoms with van der Waals surface area (Å²) in [6, 6.07) is 0. The molecule has 0 N–H and O–H groups in total. The van der Waals surface area contributed by atoms with Crippen molar-refractivity contribution in [2.45, 2.75) is 65.8 Å². The maximum absolute atomic E-state index is 6.43. The van der Waals surface area contributed by atoms with Crippen molar-refractivity contribution in [2.24, 2.45) is 5.41 Å². The Balaban J connectivity index is 2.67. The highest BCUT2D eigenvalue weighted by atomic mass is 35.5. The maximum Gasteiger partial charge on any atom is 0.0847 e. The molecule has 0 fully saturated rings. The average molecular weight is 291 g/mol. The number of hydrogen-bond acceptors (Lipinski definition) is 1. The SMILES string of the molecule is CCn1nc(C)c(Cl)c1CC(Cl)CCC(C)(C)C. The first-order chi connectivity index (χ1) is 8.24. The monoisotopic (exact) mass is 290 g/mol. The van der Waals surface area contributed by atoms with Gasteiger partial charge in [-0.05, 0) is 32.1 Å². The second-order valence-corrected chi connectivity index (χ2v) is 7.06. The number of nitrogens with zero attached hydrogens (tertiary/aromatic N) is 2. The summed E-state index contributed by atoms with van der Waals surface area (Å²) >= 11 is 12.7. The van der Waals surface area contributed by atoms with E-state index in [4.69, 9.17) is 23.2 Å². The maximum atomic E-state index is 6.43. The molecule has 0 spiro atoms. The zero-order valence-electron chi connectivity index (χ0n) is 12.1. The molecular weight excluding hydrogens is 267 g/mol. The normalized spacial score (nSPS) is 13.9. The fourth-order valence-corrected chi connectivity index (χ4v) is 2.43. The molecule has 0 bridgehead atoms. The standard InChI is InChI=1S/C14H24Cl2N2/c1-6-18-12(13(16)10(2)17-18)9-11(15)7-8-14(3,4)5/h11H,6-9H2,1-5H3. The number of alkyl halides is 1. The minimum atomic E-state index is 0.128. The first kappa shape index (κ1) is 15.8. The lowest BCUT2D eigenvalue weighted by Gasteiger charge is -2.20. The van der Waals surface area contributed by atoms with Gasteiger partial charge in [0.15, 0.2) is 0 Å². The highest BCUT2D eigenvalue weighted by molar-refractivity contribution is 6.32. The zero-order chi connectivity index (χ0) is 13.9. The van der Waals surface area contributed by atoms with E-state index in [0.717, 1.165) is 42.2 Å². The Morgan fingerprint density at radius 2 is 1.94 bits per heavy atom. The van der Waals surface area contributed by atoms with Crippen molar-refractivity contribution in [3.05, 3.63) is 16.4 Å². The van der Waals surface area contributed by atoms with E-state index in [1.807, 2.05) is 11.6 Å².